The molecule has 0 fully saturated rings. The predicted molar refractivity (Wildman–Crippen MR) is 112 cm³/mol. The Morgan fingerprint density at radius 1 is 0.964 bits per heavy atom. The van der Waals surface area contributed by atoms with Crippen molar-refractivity contribution in [1.82, 2.24) is 0 Å². The van der Waals surface area contributed by atoms with Gasteiger partial charge in [0.2, 0.25) is 0 Å². The lowest BCUT2D eigenvalue weighted by atomic mass is 10.2. The Balaban J connectivity index is 1.81. The number of Topliss-reactive ketones (excluding diaryl/α,β-unsaturated/α-hetero) is 1. The Morgan fingerprint density at radius 2 is 1.64 bits per heavy atom. The number of urea groups is 1. The summed E-state index contributed by atoms with van der Waals surface area (Å²) in [4.78, 5) is 27.6. The van der Waals surface area contributed by atoms with Crippen LogP contribution >= 0.6 is 27.3 Å². The van der Waals surface area contributed by atoms with Gasteiger partial charge in [-0.1, -0.05) is 30.3 Å². The second kappa shape index (κ2) is 7.16. The quantitative estimate of drug-likeness (QED) is 0.518. The van der Waals surface area contributed by atoms with Crippen LogP contribution in [0.25, 0.3) is 0 Å². The maximum absolute atomic E-state index is 13.2. The highest BCUT2D eigenvalue weighted by Gasteiger charge is 2.43. The highest BCUT2D eigenvalue weighted by atomic mass is 79.9. The summed E-state index contributed by atoms with van der Waals surface area (Å²) >= 11 is 4.58. The maximum Gasteiger partial charge on any atom is 0.343 e. The number of rotatable bonds is 4. The lowest BCUT2D eigenvalue weighted by Gasteiger charge is -2.35. The van der Waals surface area contributed by atoms with Crippen molar-refractivity contribution in [3.8, 4) is 0 Å². The summed E-state index contributed by atoms with van der Waals surface area (Å²) in [6.45, 7) is -0.262. The van der Waals surface area contributed by atoms with Crippen LogP contribution in [0.3, 0.4) is 0 Å². The molecule has 28 heavy (non-hydrogen) atoms. The van der Waals surface area contributed by atoms with Crippen LogP contribution in [-0.2, 0) is 10.0 Å². The van der Waals surface area contributed by atoms with Crippen LogP contribution in [0.5, 0.6) is 0 Å². The van der Waals surface area contributed by atoms with Crippen LogP contribution in [0, 0.1) is 0 Å². The van der Waals surface area contributed by atoms with Crippen molar-refractivity contribution in [1.29, 1.82) is 0 Å². The minimum Gasteiger partial charge on any atom is -0.291 e. The standard InChI is InChI=1S/C19H13BrN2O4S2/c20-18-11-10-16(27-18)15(23)12-21-14-8-4-5-9-17(14)28(25,26)22(19(21)24)13-6-2-1-3-7-13/h1-11H,12H2. The Labute approximate surface area is 174 Å². The van der Waals surface area contributed by atoms with E-state index < -0.39 is 16.1 Å². The summed E-state index contributed by atoms with van der Waals surface area (Å²) < 4.78 is 27.8. The van der Waals surface area contributed by atoms with Crippen LogP contribution < -0.4 is 9.21 Å². The molecule has 1 aliphatic heterocycles. The van der Waals surface area contributed by atoms with E-state index in [1.807, 2.05) is 0 Å². The zero-order valence-corrected chi connectivity index (χ0v) is 17.5. The Hall–Kier alpha value is -2.49. The number of amides is 2. The number of hydrogen-bond acceptors (Lipinski definition) is 5. The molecule has 2 amide bonds. The van der Waals surface area contributed by atoms with E-state index in [1.165, 1.54) is 28.4 Å². The third-order valence-corrected chi connectivity index (χ3v) is 7.63. The Morgan fingerprint density at radius 3 is 2.32 bits per heavy atom. The molecule has 6 nitrogen and oxygen atoms in total. The number of ketones is 1. The fourth-order valence-corrected chi connectivity index (χ4v) is 5.87. The summed E-state index contributed by atoms with van der Waals surface area (Å²) in [6, 6.07) is 17.0. The Bertz CT molecular complexity index is 1180. The number of benzene rings is 2. The molecule has 1 aliphatic rings. The molecule has 0 bridgehead atoms. The third kappa shape index (κ3) is 3.15. The number of thiophene rings is 1. The molecule has 4 rings (SSSR count). The second-order valence-electron chi connectivity index (χ2n) is 5.97. The number of carbonyl (C=O) groups is 2. The number of fused-ring (bicyclic) bond motifs is 1. The van der Waals surface area contributed by atoms with Crippen LogP contribution in [-0.4, -0.2) is 26.8 Å². The van der Waals surface area contributed by atoms with Crippen molar-refractivity contribution in [2.24, 2.45) is 0 Å². The smallest absolute Gasteiger partial charge is 0.291 e. The van der Waals surface area contributed by atoms with Crippen molar-refractivity contribution < 1.29 is 18.0 Å². The number of halogens is 1. The number of para-hydroxylation sites is 2. The highest BCUT2D eigenvalue weighted by molar-refractivity contribution is 9.11. The molecule has 1 aromatic heterocycles. The molecule has 0 unspecified atom stereocenters. The van der Waals surface area contributed by atoms with Gasteiger partial charge in [0.15, 0.2) is 5.78 Å². The zero-order valence-electron chi connectivity index (χ0n) is 14.3. The van der Waals surface area contributed by atoms with Crippen molar-refractivity contribution in [2.45, 2.75) is 4.90 Å². The first kappa shape index (κ1) is 18.9. The summed E-state index contributed by atoms with van der Waals surface area (Å²) in [5.41, 5.74) is 0.418. The van der Waals surface area contributed by atoms with E-state index in [-0.39, 0.29) is 28.6 Å². The van der Waals surface area contributed by atoms with Gasteiger partial charge in [-0.25, -0.2) is 13.2 Å². The normalized spacial score (nSPS) is 15.4. The molecule has 0 aliphatic carbocycles. The van der Waals surface area contributed by atoms with Gasteiger partial charge in [0.05, 0.1) is 26.6 Å². The highest BCUT2D eigenvalue weighted by Crippen LogP contribution is 2.37. The lowest BCUT2D eigenvalue weighted by molar-refractivity contribution is 0.100. The number of hydrogen-bond donors (Lipinski definition) is 0. The van der Waals surface area contributed by atoms with Crippen molar-refractivity contribution >= 4 is 60.5 Å². The summed E-state index contributed by atoms with van der Waals surface area (Å²) in [5.74, 6) is -0.272. The van der Waals surface area contributed by atoms with Gasteiger partial charge in [-0.05, 0) is 52.3 Å². The fraction of sp³-hybridized carbons (Fsp3) is 0.0526. The van der Waals surface area contributed by atoms with Crippen LogP contribution in [0.15, 0.2) is 75.4 Å². The number of nitrogens with zero attached hydrogens (tertiary/aromatic N) is 2. The summed E-state index contributed by atoms with van der Waals surface area (Å²) in [6.07, 6.45) is 0. The van der Waals surface area contributed by atoms with Crippen molar-refractivity contribution in [3.05, 3.63) is 75.4 Å². The van der Waals surface area contributed by atoms with Gasteiger partial charge in [0.1, 0.15) is 4.90 Å². The van der Waals surface area contributed by atoms with Gasteiger partial charge in [-0.3, -0.25) is 9.69 Å². The summed E-state index contributed by atoms with van der Waals surface area (Å²) in [5, 5.41) is 0. The van der Waals surface area contributed by atoms with Gasteiger partial charge in [0.25, 0.3) is 10.0 Å². The minimum atomic E-state index is -4.09. The van der Waals surface area contributed by atoms with Crippen LogP contribution in [0.1, 0.15) is 9.67 Å². The van der Waals surface area contributed by atoms with E-state index in [2.05, 4.69) is 15.9 Å². The average molecular weight is 477 g/mol. The molecule has 0 N–H and O–H groups in total. The van der Waals surface area contributed by atoms with E-state index in [0.717, 1.165) is 8.09 Å². The molecule has 3 aromatic rings. The van der Waals surface area contributed by atoms with Crippen LogP contribution in [0.2, 0.25) is 0 Å². The summed E-state index contributed by atoms with van der Waals surface area (Å²) in [7, 11) is -4.09. The Kier molecular flexibility index (Phi) is 4.82. The number of carbonyl (C=O) groups excluding carboxylic acids is 2. The molecule has 0 saturated carbocycles. The lowest BCUT2D eigenvalue weighted by Crippen LogP contribution is -2.52. The molecule has 2 heterocycles. The first-order chi connectivity index (χ1) is 13.4. The maximum atomic E-state index is 13.2. The van der Waals surface area contributed by atoms with Gasteiger partial charge in [-0.15, -0.1) is 11.3 Å². The molecule has 142 valence electrons. The molecule has 2 aromatic carbocycles. The van der Waals surface area contributed by atoms with E-state index >= 15 is 0 Å². The molecule has 0 atom stereocenters. The van der Waals surface area contributed by atoms with Gasteiger partial charge >= 0.3 is 6.03 Å². The largest absolute Gasteiger partial charge is 0.343 e. The number of sulfonamides is 1. The SMILES string of the molecule is O=C(CN1C(=O)N(c2ccccc2)S(=O)(=O)c2ccccc21)c1ccc(Br)s1. The predicted octanol–water partition coefficient (Wildman–Crippen LogP) is 4.53. The van der Waals surface area contributed by atoms with Gasteiger partial charge in [0, 0.05) is 0 Å². The van der Waals surface area contributed by atoms with E-state index in [4.69, 9.17) is 0 Å². The molecular weight excluding hydrogens is 464 g/mol. The molecular formula is C19H13BrN2O4S2. The fourth-order valence-electron chi connectivity index (χ4n) is 2.96. The minimum absolute atomic E-state index is 0.0152. The monoisotopic (exact) mass is 476 g/mol. The average Bonchev–Trinajstić information content (AvgIpc) is 3.12. The van der Waals surface area contributed by atoms with E-state index in [1.54, 1.807) is 54.6 Å². The van der Waals surface area contributed by atoms with E-state index in [9.17, 15) is 18.0 Å². The van der Waals surface area contributed by atoms with Crippen LogP contribution in [0.4, 0.5) is 16.2 Å². The first-order valence-electron chi connectivity index (χ1n) is 8.19. The second-order valence-corrected chi connectivity index (χ2v) is 10.2. The molecule has 0 spiro atoms. The van der Waals surface area contributed by atoms with Gasteiger partial charge in [-0.2, -0.15) is 4.31 Å². The number of anilines is 2. The van der Waals surface area contributed by atoms with E-state index in [0.29, 0.717) is 4.88 Å². The zero-order chi connectivity index (χ0) is 19.9. The molecule has 0 radical (unpaired) electrons. The first-order valence-corrected chi connectivity index (χ1v) is 11.2. The van der Waals surface area contributed by atoms with Gasteiger partial charge < -0.3 is 0 Å². The topological polar surface area (TPSA) is 74.8 Å². The van der Waals surface area contributed by atoms with Crippen molar-refractivity contribution in [3.63, 3.8) is 0 Å². The molecule has 9 heteroatoms. The third-order valence-electron chi connectivity index (χ3n) is 4.22. The van der Waals surface area contributed by atoms with Crippen molar-refractivity contribution in [2.75, 3.05) is 15.7 Å². The molecule has 0 saturated heterocycles.